The number of phenolic OH excluding ortho intramolecular Hbond substituents is 1. The van der Waals surface area contributed by atoms with Crippen molar-refractivity contribution in [2.24, 2.45) is 0 Å². The van der Waals surface area contributed by atoms with Gasteiger partial charge in [0.25, 0.3) is 0 Å². The lowest BCUT2D eigenvalue weighted by atomic mass is 9.93. The zero-order chi connectivity index (χ0) is 19.9. The van der Waals surface area contributed by atoms with E-state index in [2.05, 4.69) is 0 Å². The van der Waals surface area contributed by atoms with Crippen LogP contribution in [-0.4, -0.2) is 41.7 Å². The highest BCUT2D eigenvalue weighted by molar-refractivity contribution is 7.89. The van der Waals surface area contributed by atoms with E-state index in [0.717, 1.165) is 36.4 Å². The molecule has 2 aromatic rings. The van der Waals surface area contributed by atoms with Crippen molar-refractivity contribution in [3.63, 3.8) is 0 Å². The molecule has 2 N–H and O–H groups in total. The quantitative estimate of drug-likeness (QED) is 0.780. The first-order valence-corrected chi connectivity index (χ1v) is 9.65. The maximum absolute atomic E-state index is 13.8. The lowest BCUT2D eigenvalue weighted by molar-refractivity contribution is -0.268. The van der Waals surface area contributed by atoms with E-state index in [9.17, 15) is 31.8 Å². The van der Waals surface area contributed by atoms with Gasteiger partial charge in [-0.3, -0.25) is 0 Å². The molecule has 0 amide bonds. The van der Waals surface area contributed by atoms with E-state index < -0.39 is 40.0 Å². The summed E-state index contributed by atoms with van der Waals surface area (Å²) in [4.78, 5) is -0.246. The Bertz CT molecular complexity index is 896. The molecule has 1 unspecified atom stereocenters. The van der Waals surface area contributed by atoms with Gasteiger partial charge in [0, 0.05) is 6.04 Å². The molecule has 0 saturated heterocycles. The molecule has 0 spiro atoms. The number of sulfonamides is 1. The van der Waals surface area contributed by atoms with Crippen LogP contribution in [0.3, 0.4) is 0 Å². The molecule has 1 saturated carbocycles. The number of hydrogen-bond acceptors (Lipinski definition) is 4. The van der Waals surface area contributed by atoms with Crippen LogP contribution in [0, 0.1) is 0 Å². The average Bonchev–Trinajstić information content (AvgIpc) is 3.44. The van der Waals surface area contributed by atoms with Crippen LogP contribution in [0.2, 0.25) is 0 Å². The Hall–Kier alpha value is -2.10. The second-order valence-electron chi connectivity index (χ2n) is 6.50. The van der Waals surface area contributed by atoms with Crippen molar-refractivity contribution >= 4 is 10.0 Å². The highest BCUT2D eigenvalue weighted by atomic mass is 32.2. The first kappa shape index (κ1) is 19.7. The third kappa shape index (κ3) is 3.80. The summed E-state index contributed by atoms with van der Waals surface area (Å²) in [7, 11) is -4.29. The highest BCUT2D eigenvalue weighted by Gasteiger charge is 2.58. The van der Waals surface area contributed by atoms with Gasteiger partial charge in [-0.2, -0.15) is 17.5 Å². The van der Waals surface area contributed by atoms with Gasteiger partial charge < -0.3 is 10.2 Å². The van der Waals surface area contributed by atoms with E-state index in [1.54, 1.807) is 0 Å². The molecule has 9 heteroatoms. The Morgan fingerprint density at radius 2 is 1.56 bits per heavy atom. The molecular weight excluding hydrogens is 383 g/mol. The van der Waals surface area contributed by atoms with Crippen molar-refractivity contribution in [2.75, 3.05) is 6.54 Å². The SMILES string of the molecule is O=S(=O)(c1ccc(O)cc1)N(CC(O)(c1ccccc1)C(F)(F)F)C1CC1. The number of aromatic hydroxyl groups is 1. The Balaban J connectivity index is 2.03. The van der Waals surface area contributed by atoms with Crippen molar-refractivity contribution in [2.45, 2.75) is 35.6 Å². The fourth-order valence-electron chi connectivity index (χ4n) is 2.81. The Kier molecular flexibility index (Phi) is 4.96. The molecule has 0 aromatic heterocycles. The first-order valence-electron chi connectivity index (χ1n) is 8.21. The van der Waals surface area contributed by atoms with Crippen LogP contribution in [-0.2, 0) is 15.6 Å². The van der Waals surface area contributed by atoms with Crippen LogP contribution in [0.5, 0.6) is 5.75 Å². The summed E-state index contributed by atoms with van der Waals surface area (Å²) < 4.78 is 67.9. The molecular formula is C18H18F3NO4S. The summed E-state index contributed by atoms with van der Waals surface area (Å²) in [5, 5.41) is 19.9. The van der Waals surface area contributed by atoms with E-state index in [4.69, 9.17) is 0 Å². The van der Waals surface area contributed by atoms with Crippen molar-refractivity contribution < 1.29 is 31.8 Å². The van der Waals surface area contributed by atoms with Crippen LogP contribution < -0.4 is 0 Å². The molecule has 1 fully saturated rings. The monoisotopic (exact) mass is 401 g/mol. The van der Waals surface area contributed by atoms with Crippen LogP contribution in [0.15, 0.2) is 59.5 Å². The van der Waals surface area contributed by atoms with E-state index in [1.165, 1.54) is 18.2 Å². The normalized spacial score (nSPS) is 17.7. The molecule has 146 valence electrons. The molecule has 0 heterocycles. The minimum absolute atomic E-state index is 0.164. The number of benzene rings is 2. The molecule has 1 aliphatic rings. The lowest BCUT2D eigenvalue weighted by Gasteiger charge is -2.35. The van der Waals surface area contributed by atoms with E-state index in [-0.39, 0.29) is 10.6 Å². The molecule has 5 nitrogen and oxygen atoms in total. The standard InChI is InChI=1S/C18H18F3NO4S/c19-18(20,21)17(24,13-4-2-1-3-5-13)12-22(14-6-7-14)27(25,26)16-10-8-15(23)9-11-16/h1-5,8-11,14,23-24H,6-7,12H2. The van der Waals surface area contributed by atoms with Gasteiger partial charge in [-0.05, 0) is 42.7 Å². The van der Waals surface area contributed by atoms with Crippen LogP contribution in [0.4, 0.5) is 13.2 Å². The lowest BCUT2D eigenvalue weighted by Crippen LogP contribution is -2.53. The van der Waals surface area contributed by atoms with Crippen LogP contribution in [0.25, 0.3) is 0 Å². The van der Waals surface area contributed by atoms with Gasteiger partial charge in [-0.1, -0.05) is 30.3 Å². The molecule has 0 bridgehead atoms. The fraction of sp³-hybridized carbons (Fsp3) is 0.333. The second-order valence-corrected chi connectivity index (χ2v) is 8.39. The van der Waals surface area contributed by atoms with Gasteiger partial charge >= 0.3 is 6.18 Å². The van der Waals surface area contributed by atoms with Gasteiger partial charge in [0.1, 0.15) is 5.75 Å². The van der Waals surface area contributed by atoms with Gasteiger partial charge in [0.15, 0.2) is 5.60 Å². The third-order valence-electron chi connectivity index (χ3n) is 4.50. The Labute approximate surface area is 154 Å². The van der Waals surface area contributed by atoms with Crippen molar-refractivity contribution in [3.05, 3.63) is 60.2 Å². The third-order valence-corrected chi connectivity index (χ3v) is 6.42. The number of phenols is 1. The maximum atomic E-state index is 13.8. The summed E-state index contributed by atoms with van der Waals surface area (Å²) in [6, 6.07) is 10.4. The van der Waals surface area contributed by atoms with Crippen molar-refractivity contribution in [1.29, 1.82) is 0 Å². The summed E-state index contributed by atoms with van der Waals surface area (Å²) in [5.41, 5.74) is -3.77. The van der Waals surface area contributed by atoms with E-state index in [1.807, 2.05) is 0 Å². The fourth-order valence-corrected chi connectivity index (χ4v) is 4.52. The summed E-state index contributed by atoms with van der Waals surface area (Å²) in [6.07, 6.45) is -4.24. The zero-order valence-electron chi connectivity index (χ0n) is 14.1. The number of rotatable bonds is 6. The van der Waals surface area contributed by atoms with Crippen molar-refractivity contribution in [1.82, 2.24) is 4.31 Å². The molecule has 3 rings (SSSR count). The van der Waals surface area contributed by atoms with Gasteiger partial charge in [-0.25, -0.2) is 8.42 Å². The minimum atomic E-state index is -5.08. The van der Waals surface area contributed by atoms with Gasteiger partial charge in [0.2, 0.25) is 10.0 Å². The first-order chi connectivity index (χ1) is 12.6. The minimum Gasteiger partial charge on any atom is -0.508 e. The number of hydrogen-bond donors (Lipinski definition) is 2. The van der Waals surface area contributed by atoms with E-state index >= 15 is 0 Å². The van der Waals surface area contributed by atoms with E-state index in [0.29, 0.717) is 17.1 Å². The van der Waals surface area contributed by atoms with Crippen LogP contribution >= 0.6 is 0 Å². The van der Waals surface area contributed by atoms with Crippen molar-refractivity contribution in [3.8, 4) is 5.75 Å². The molecule has 1 aliphatic carbocycles. The Morgan fingerprint density at radius 1 is 1.00 bits per heavy atom. The van der Waals surface area contributed by atoms with Gasteiger partial charge in [0.05, 0.1) is 11.4 Å². The molecule has 0 radical (unpaired) electrons. The molecule has 2 aromatic carbocycles. The topological polar surface area (TPSA) is 77.8 Å². The summed E-state index contributed by atoms with van der Waals surface area (Å²) >= 11 is 0. The van der Waals surface area contributed by atoms with Gasteiger partial charge in [-0.15, -0.1) is 0 Å². The zero-order valence-corrected chi connectivity index (χ0v) is 14.9. The number of alkyl halides is 3. The average molecular weight is 401 g/mol. The predicted octanol–water partition coefficient (Wildman–Crippen LogP) is 3.00. The highest BCUT2D eigenvalue weighted by Crippen LogP contribution is 2.43. The summed E-state index contributed by atoms with van der Waals surface area (Å²) in [5.74, 6) is -0.164. The van der Waals surface area contributed by atoms with Crippen LogP contribution in [0.1, 0.15) is 18.4 Å². The molecule has 1 atom stereocenters. The maximum Gasteiger partial charge on any atom is 0.422 e. The molecule has 0 aliphatic heterocycles. The predicted molar refractivity (Wildman–Crippen MR) is 91.4 cm³/mol. The Morgan fingerprint density at radius 3 is 2.04 bits per heavy atom. The number of nitrogens with zero attached hydrogens (tertiary/aromatic N) is 1. The summed E-state index contributed by atoms with van der Waals surface area (Å²) in [6.45, 7) is -1.14. The molecule has 27 heavy (non-hydrogen) atoms. The number of aliphatic hydroxyl groups is 1. The second kappa shape index (κ2) is 6.81. The largest absolute Gasteiger partial charge is 0.508 e. The number of halogens is 3. The smallest absolute Gasteiger partial charge is 0.422 e.